The van der Waals surface area contributed by atoms with Gasteiger partial charge >= 0.3 is 5.97 Å². The van der Waals surface area contributed by atoms with E-state index in [1.807, 2.05) is 27.0 Å². The smallest absolute Gasteiger partial charge is 0.326 e. The van der Waals surface area contributed by atoms with Gasteiger partial charge in [0.05, 0.1) is 17.5 Å². The van der Waals surface area contributed by atoms with Crippen molar-refractivity contribution in [1.29, 1.82) is 0 Å². The van der Waals surface area contributed by atoms with E-state index < -0.39 is 17.9 Å². The summed E-state index contributed by atoms with van der Waals surface area (Å²) in [5.41, 5.74) is 1.01. The zero-order valence-corrected chi connectivity index (χ0v) is 16.4. The molecule has 0 saturated carbocycles. The molecule has 26 heavy (non-hydrogen) atoms. The number of thiazole rings is 1. The molecule has 0 aliphatic heterocycles. The Balaban J connectivity index is 2.07. The highest BCUT2D eigenvalue weighted by molar-refractivity contribution is 7.17. The molecular formula is C17H24N4O4S. The summed E-state index contributed by atoms with van der Waals surface area (Å²) in [6.45, 7) is 7.64. The van der Waals surface area contributed by atoms with Crippen molar-refractivity contribution in [2.45, 2.75) is 45.8 Å². The molecule has 0 fully saturated rings. The molecule has 8 nitrogen and oxygen atoms in total. The Morgan fingerprint density at radius 3 is 2.65 bits per heavy atom. The number of hydrogen-bond donors (Lipinski definition) is 2. The Kier molecular flexibility index (Phi) is 6.14. The van der Waals surface area contributed by atoms with E-state index in [0.717, 1.165) is 5.56 Å². The van der Waals surface area contributed by atoms with Crippen molar-refractivity contribution in [3.05, 3.63) is 23.0 Å². The normalized spacial score (nSPS) is 12.8. The van der Waals surface area contributed by atoms with Crippen LogP contribution in [0.2, 0.25) is 0 Å². The van der Waals surface area contributed by atoms with Gasteiger partial charge in [-0.05, 0) is 27.7 Å². The van der Waals surface area contributed by atoms with E-state index in [0.29, 0.717) is 15.6 Å². The Hall–Kier alpha value is -2.26. The minimum absolute atomic E-state index is 0.186. The van der Waals surface area contributed by atoms with Crippen LogP contribution < -0.4 is 5.32 Å². The van der Waals surface area contributed by atoms with Gasteiger partial charge in [-0.2, -0.15) is 5.10 Å². The van der Waals surface area contributed by atoms with E-state index in [9.17, 15) is 14.7 Å². The first-order chi connectivity index (χ1) is 12.1. The molecule has 1 unspecified atom stereocenters. The summed E-state index contributed by atoms with van der Waals surface area (Å²) in [5, 5.41) is 16.7. The van der Waals surface area contributed by atoms with Crippen molar-refractivity contribution >= 4 is 23.2 Å². The summed E-state index contributed by atoms with van der Waals surface area (Å²) >= 11 is 1.22. The van der Waals surface area contributed by atoms with Crippen LogP contribution in [-0.2, 0) is 16.6 Å². The van der Waals surface area contributed by atoms with Crippen LogP contribution in [-0.4, -0.2) is 50.0 Å². The molecule has 2 aromatic heterocycles. The van der Waals surface area contributed by atoms with Crippen LogP contribution in [0.1, 0.15) is 42.6 Å². The van der Waals surface area contributed by atoms with Gasteiger partial charge in [-0.1, -0.05) is 0 Å². The lowest BCUT2D eigenvalue weighted by molar-refractivity contribution is -0.140. The molecule has 1 atom stereocenters. The molecule has 2 aromatic rings. The fourth-order valence-corrected chi connectivity index (χ4v) is 3.17. The molecule has 2 rings (SSSR count). The number of hydrogen-bond acceptors (Lipinski definition) is 6. The fraction of sp³-hybridized carbons (Fsp3) is 0.529. The average molecular weight is 380 g/mol. The summed E-state index contributed by atoms with van der Waals surface area (Å²) in [4.78, 5) is 28.8. The lowest BCUT2D eigenvalue weighted by atomic mass is 10.1. The SMILES string of the molecule is Cc1nc(-c2cnn(C)c2)sc1C(=O)NC(CCOC(C)(C)C)C(=O)O. The zero-order valence-electron chi connectivity index (χ0n) is 15.6. The number of nitrogens with zero attached hydrogens (tertiary/aromatic N) is 3. The number of aliphatic carboxylic acids is 1. The van der Waals surface area contributed by atoms with Gasteiger partial charge in [-0.15, -0.1) is 11.3 Å². The Bertz CT molecular complexity index is 791. The number of carbonyl (C=O) groups is 2. The van der Waals surface area contributed by atoms with Crippen molar-refractivity contribution in [3.8, 4) is 10.6 Å². The number of aryl methyl sites for hydroxylation is 2. The van der Waals surface area contributed by atoms with Gasteiger partial charge in [-0.3, -0.25) is 9.48 Å². The lowest BCUT2D eigenvalue weighted by Crippen LogP contribution is -2.42. The van der Waals surface area contributed by atoms with E-state index in [1.54, 1.807) is 24.9 Å². The molecule has 1 amide bonds. The monoisotopic (exact) mass is 380 g/mol. The molecular weight excluding hydrogens is 356 g/mol. The summed E-state index contributed by atoms with van der Waals surface area (Å²) in [5.74, 6) is -1.54. The first-order valence-electron chi connectivity index (χ1n) is 8.21. The molecule has 142 valence electrons. The molecule has 2 N–H and O–H groups in total. The average Bonchev–Trinajstić information content (AvgIpc) is 3.10. The fourth-order valence-electron chi connectivity index (χ4n) is 2.23. The molecule has 0 aliphatic rings. The predicted molar refractivity (Wildman–Crippen MR) is 98.3 cm³/mol. The molecule has 2 heterocycles. The zero-order chi connectivity index (χ0) is 19.5. The number of nitrogens with one attached hydrogen (secondary N) is 1. The third kappa shape index (κ3) is 5.37. The van der Waals surface area contributed by atoms with Crippen molar-refractivity contribution in [3.63, 3.8) is 0 Å². The molecule has 9 heteroatoms. The van der Waals surface area contributed by atoms with E-state index in [2.05, 4.69) is 15.4 Å². The van der Waals surface area contributed by atoms with Crippen molar-refractivity contribution in [1.82, 2.24) is 20.1 Å². The van der Waals surface area contributed by atoms with E-state index in [4.69, 9.17) is 4.74 Å². The first kappa shape index (κ1) is 20.1. The van der Waals surface area contributed by atoms with Crippen LogP contribution in [0.5, 0.6) is 0 Å². The highest BCUT2D eigenvalue weighted by Gasteiger charge is 2.24. The lowest BCUT2D eigenvalue weighted by Gasteiger charge is -2.21. The van der Waals surface area contributed by atoms with Crippen molar-refractivity contribution in [2.75, 3.05) is 6.61 Å². The molecule has 0 saturated heterocycles. The number of aromatic nitrogens is 3. The third-order valence-corrected chi connectivity index (χ3v) is 4.70. The van der Waals surface area contributed by atoms with Gasteiger partial charge in [0.15, 0.2) is 0 Å². The van der Waals surface area contributed by atoms with Crippen LogP contribution in [0.4, 0.5) is 0 Å². The van der Waals surface area contributed by atoms with Gasteiger partial charge < -0.3 is 15.2 Å². The second kappa shape index (κ2) is 7.96. The third-order valence-electron chi connectivity index (χ3n) is 3.50. The second-order valence-corrected chi connectivity index (χ2v) is 7.95. The number of amides is 1. The van der Waals surface area contributed by atoms with Crippen LogP contribution in [0.3, 0.4) is 0 Å². The topological polar surface area (TPSA) is 106 Å². The van der Waals surface area contributed by atoms with Crippen molar-refractivity contribution < 1.29 is 19.4 Å². The largest absolute Gasteiger partial charge is 0.480 e. The van der Waals surface area contributed by atoms with Gasteiger partial charge in [0.25, 0.3) is 5.91 Å². The number of rotatable bonds is 7. The first-order valence-corrected chi connectivity index (χ1v) is 9.02. The quantitative estimate of drug-likeness (QED) is 0.763. The maximum atomic E-state index is 12.5. The van der Waals surface area contributed by atoms with E-state index in [-0.39, 0.29) is 18.6 Å². The molecule has 0 aromatic carbocycles. The van der Waals surface area contributed by atoms with Gasteiger partial charge in [0.1, 0.15) is 15.9 Å². The minimum atomic E-state index is -1.09. The molecule has 0 radical (unpaired) electrons. The summed E-state index contributed by atoms with van der Waals surface area (Å²) < 4.78 is 7.21. The van der Waals surface area contributed by atoms with Gasteiger partial charge in [0.2, 0.25) is 0 Å². The number of carbonyl (C=O) groups excluding carboxylic acids is 1. The number of carboxylic acid groups (broad SMARTS) is 1. The summed E-state index contributed by atoms with van der Waals surface area (Å²) in [7, 11) is 1.80. The van der Waals surface area contributed by atoms with Crippen LogP contribution in [0.25, 0.3) is 10.6 Å². The maximum Gasteiger partial charge on any atom is 0.326 e. The molecule has 0 aliphatic carbocycles. The van der Waals surface area contributed by atoms with Crippen molar-refractivity contribution in [2.24, 2.45) is 7.05 Å². The van der Waals surface area contributed by atoms with E-state index >= 15 is 0 Å². The van der Waals surface area contributed by atoms with Gasteiger partial charge in [0, 0.05) is 31.8 Å². The van der Waals surface area contributed by atoms with Gasteiger partial charge in [-0.25, -0.2) is 9.78 Å². The highest BCUT2D eigenvalue weighted by atomic mass is 32.1. The Morgan fingerprint density at radius 1 is 1.42 bits per heavy atom. The second-order valence-electron chi connectivity index (χ2n) is 6.95. The summed E-state index contributed by atoms with van der Waals surface area (Å²) in [6, 6.07) is -1.02. The standard InChI is InChI=1S/C17H24N4O4S/c1-10-13(26-15(19-10)11-8-18-21(5)9-11)14(22)20-12(16(23)24)6-7-25-17(2,3)4/h8-9,12H,6-7H2,1-5H3,(H,20,22)(H,23,24). The summed E-state index contributed by atoms with van der Waals surface area (Å²) in [6.07, 6.45) is 3.67. The molecule has 0 spiro atoms. The number of ether oxygens (including phenoxy) is 1. The van der Waals surface area contributed by atoms with Crippen LogP contribution in [0.15, 0.2) is 12.4 Å². The maximum absolute atomic E-state index is 12.5. The Morgan fingerprint density at radius 2 is 2.12 bits per heavy atom. The van der Waals surface area contributed by atoms with Crippen LogP contribution in [0, 0.1) is 6.92 Å². The highest BCUT2D eigenvalue weighted by Crippen LogP contribution is 2.27. The Labute approximate surface area is 156 Å². The minimum Gasteiger partial charge on any atom is -0.480 e. The van der Waals surface area contributed by atoms with E-state index in [1.165, 1.54) is 11.3 Å². The molecule has 0 bridgehead atoms. The predicted octanol–water partition coefficient (Wildman–Crippen LogP) is 2.24. The van der Waals surface area contributed by atoms with Crippen LogP contribution >= 0.6 is 11.3 Å². The number of carboxylic acids is 1.